The zero-order valence-electron chi connectivity index (χ0n) is 8.96. The van der Waals surface area contributed by atoms with E-state index in [0.29, 0.717) is 12.2 Å². The summed E-state index contributed by atoms with van der Waals surface area (Å²) < 4.78 is 11.1. The molecule has 3 nitrogen and oxygen atoms in total. The van der Waals surface area contributed by atoms with E-state index < -0.39 is 0 Å². The number of nitrogens with zero attached hydrogens (tertiary/aromatic N) is 1. The lowest BCUT2D eigenvalue weighted by atomic mass is 10.2. The van der Waals surface area contributed by atoms with Crippen molar-refractivity contribution in [1.29, 1.82) is 0 Å². The molecule has 0 radical (unpaired) electrons. The van der Waals surface area contributed by atoms with Crippen LogP contribution >= 0.6 is 0 Å². The maximum Gasteiger partial charge on any atom is 0.159 e. The first-order valence-electron chi connectivity index (χ1n) is 5.41. The number of ether oxygens (including phenoxy) is 2. The predicted octanol–water partition coefficient (Wildman–Crippen LogP) is 1.98. The van der Waals surface area contributed by atoms with Crippen LogP contribution in [-0.4, -0.2) is 24.7 Å². The molecular weight excluding hydrogens is 190 g/mol. The van der Waals surface area contributed by atoms with Gasteiger partial charge in [-0.15, -0.1) is 0 Å². The molecular formula is C12H15NO2. The average Bonchev–Trinajstić information content (AvgIpc) is 3.12. The first-order valence-corrected chi connectivity index (χ1v) is 5.41. The van der Waals surface area contributed by atoms with Crippen LogP contribution in [0.4, 0.5) is 5.69 Å². The van der Waals surface area contributed by atoms with Crippen molar-refractivity contribution in [3.8, 4) is 0 Å². The minimum atomic E-state index is 0.197. The molecule has 0 bridgehead atoms. The molecule has 0 aromatic heterocycles. The lowest BCUT2D eigenvalue weighted by Crippen LogP contribution is -2.32. The fourth-order valence-corrected chi connectivity index (χ4v) is 1.97. The largest absolute Gasteiger partial charge is 0.348 e. The fourth-order valence-electron chi connectivity index (χ4n) is 1.97. The Kier molecular flexibility index (Phi) is 1.97. The summed E-state index contributed by atoms with van der Waals surface area (Å²) in [5, 5.41) is 0. The summed E-state index contributed by atoms with van der Waals surface area (Å²) in [5.74, 6) is 0. The van der Waals surface area contributed by atoms with Crippen molar-refractivity contribution in [2.45, 2.75) is 38.5 Å². The van der Waals surface area contributed by atoms with Crippen molar-refractivity contribution < 1.29 is 9.47 Å². The van der Waals surface area contributed by atoms with E-state index in [1.54, 1.807) is 0 Å². The zero-order valence-corrected chi connectivity index (χ0v) is 8.96. The molecule has 0 N–H and O–H groups in total. The number of hydrogen-bond donors (Lipinski definition) is 0. The average molecular weight is 205 g/mol. The Morgan fingerprint density at radius 2 is 1.40 bits per heavy atom. The van der Waals surface area contributed by atoms with E-state index in [1.165, 1.54) is 5.69 Å². The summed E-state index contributed by atoms with van der Waals surface area (Å²) >= 11 is 0. The lowest BCUT2D eigenvalue weighted by molar-refractivity contribution is 0.329. The Hall–Kier alpha value is -1.06. The van der Waals surface area contributed by atoms with Crippen LogP contribution in [0, 0.1) is 0 Å². The van der Waals surface area contributed by atoms with Crippen LogP contribution in [0.3, 0.4) is 0 Å². The number of rotatable bonds is 3. The van der Waals surface area contributed by atoms with E-state index >= 15 is 0 Å². The SMILES string of the molecule is CC1OC1N(c1ccccc1)C1OC1C. The Morgan fingerprint density at radius 1 is 0.933 bits per heavy atom. The molecule has 2 saturated heterocycles. The first kappa shape index (κ1) is 9.19. The quantitative estimate of drug-likeness (QED) is 0.706. The summed E-state index contributed by atoms with van der Waals surface area (Å²) in [6.45, 7) is 4.18. The molecule has 4 atom stereocenters. The maximum absolute atomic E-state index is 5.53. The van der Waals surface area contributed by atoms with Gasteiger partial charge in [-0.1, -0.05) is 18.2 Å². The van der Waals surface area contributed by atoms with Gasteiger partial charge in [-0.05, 0) is 26.0 Å². The summed E-state index contributed by atoms with van der Waals surface area (Å²) in [5.41, 5.74) is 1.18. The van der Waals surface area contributed by atoms with Crippen LogP contribution in [0.1, 0.15) is 13.8 Å². The van der Waals surface area contributed by atoms with Gasteiger partial charge in [-0.2, -0.15) is 0 Å². The highest BCUT2D eigenvalue weighted by Crippen LogP contribution is 2.38. The monoisotopic (exact) mass is 205 g/mol. The van der Waals surface area contributed by atoms with E-state index in [9.17, 15) is 0 Å². The molecule has 1 aromatic rings. The molecule has 4 unspecified atom stereocenters. The van der Waals surface area contributed by atoms with Crippen molar-refractivity contribution in [2.24, 2.45) is 0 Å². The number of hydrogen-bond acceptors (Lipinski definition) is 3. The van der Waals surface area contributed by atoms with Gasteiger partial charge in [0.1, 0.15) is 12.2 Å². The van der Waals surface area contributed by atoms with Gasteiger partial charge in [0.05, 0.1) is 0 Å². The first-order chi connectivity index (χ1) is 7.27. The van der Waals surface area contributed by atoms with Gasteiger partial charge in [-0.25, -0.2) is 0 Å². The number of epoxide rings is 2. The molecule has 3 rings (SSSR count). The van der Waals surface area contributed by atoms with Crippen molar-refractivity contribution in [3.63, 3.8) is 0 Å². The van der Waals surface area contributed by atoms with Gasteiger partial charge >= 0.3 is 0 Å². The van der Waals surface area contributed by atoms with Gasteiger partial charge in [0, 0.05) is 5.69 Å². The minimum Gasteiger partial charge on any atom is -0.348 e. The third kappa shape index (κ3) is 1.62. The highest BCUT2D eigenvalue weighted by molar-refractivity contribution is 5.49. The van der Waals surface area contributed by atoms with Crippen molar-refractivity contribution in [3.05, 3.63) is 30.3 Å². The third-order valence-corrected chi connectivity index (χ3v) is 2.96. The van der Waals surface area contributed by atoms with Crippen LogP contribution in [0.2, 0.25) is 0 Å². The van der Waals surface area contributed by atoms with Crippen molar-refractivity contribution in [1.82, 2.24) is 0 Å². The van der Waals surface area contributed by atoms with Gasteiger partial charge in [0.15, 0.2) is 12.5 Å². The van der Waals surface area contributed by atoms with Crippen LogP contribution in [0.25, 0.3) is 0 Å². The van der Waals surface area contributed by atoms with Crippen LogP contribution in [0.15, 0.2) is 30.3 Å². The second-order valence-electron chi connectivity index (χ2n) is 4.21. The Morgan fingerprint density at radius 3 is 1.80 bits per heavy atom. The van der Waals surface area contributed by atoms with E-state index in [2.05, 4.69) is 30.9 Å². The molecule has 2 aliphatic rings. The molecule has 2 heterocycles. The third-order valence-electron chi connectivity index (χ3n) is 2.96. The standard InChI is InChI=1S/C12H15NO2/c1-8-11(14-8)13(12-9(2)15-12)10-6-4-3-5-7-10/h3-9,11-12H,1-2H3. The summed E-state index contributed by atoms with van der Waals surface area (Å²) in [6, 6.07) is 10.3. The van der Waals surface area contributed by atoms with Gasteiger partial charge in [0.25, 0.3) is 0 Å². The van der Waals surface area contributed by atoms with E-state index in [4.69, 9.17) is 9.47 Å². The van der Waals surface area contributed by atoms with E-state index in [0.717, 1.165) is 0 Å². The van der Waals surface area contributed by atoms with Gasteiger partial charge in [0.2, 0.25) is 0 Å². The lowest BCUT2D eigenvalue weighted by Gasteiger charge is -2.20. The molecule has 15 heavy (non-hydrogen) atoms. The fraction of sp³-hybridized carbons (Fsp3) is 0.500. The molecule has 2 fully saturated rings. The summed E-state index contributed by atoms with van der Waals surface area (Å²) in [7, 11) is 0. The molecule has 0 spiro atoms. The van der Waals surface area contributed by atoms with Gasteiger partial charge < -0.3 is 14.4 Å². The number of anilines is 1. The molecule has 2 aliphatic heterocycles. The second kappa shape index (κ2) is 3.22. The molecule has 0 aliphatic carbocycles. The molecule has 1 aromatic carbocycles. The highest BCUT2D eigenvalue weighted by atomic mass is 16.6. The Bertz CT molecular complexity index is 338. The maximum atomic E-state index is 5.53. The number of benzene rings is 1. The minimum absolute atomic E-state index is 0.197. The van der Waals surface area contributed by atoms with Crippen LogP contribution < -0.4 is 4.90 Å². The highest BCUT2D eigenvalue weighted by Gasteiger charge is 2.50. The van der Waals surface area contributed by atoms with Crippen molar-refractivity contribution in [2.75, 3.05) is 4.90 Å². The Labute approximate surface area is 89.6 Å². The topological polar surface area (TPSA) is 28.3 Å². The summed E-state index contributed by atoms with van der Waals surface area (Å²) in [6.07, 6.45) is 1.04. The molecule has 3 heteroatoms. The molecule has 0 amide bonds. The number of para-hydroxylation sites is 1. The van der Waals surface area contributed by atoms with E-state index in [-0.39, 0.29) is 12.5 Å². The second-order valence-corrected chi connectivity index (χ2v) is 4.21. The molecule has 80 valence electrons. The molecule has 0 saturated carbocycles. The van der Waals surface area contributed by atoms with Crippen LogP contribution in [0.5, 0.6) is 0 Å². The van der Waals surface area contributed by atoms with E-state index in [1.807, 2.05) is 18.2 Å². The van der Waals surface area contributed by atoms with Crippen LogP contribution in [-0.2, 0) is 9.47 Å². The van der Waals surface area contributed by atoms with Crippen molar-refractivity contribution >= 4 is 5.69 Å². The predicted molar refractivity (Wildman–Crippen MR) is 57.6 cm³/mol. The normalized spacial score (nSPS) is 37.5. The smallest absolute Gasteiger partial charge is 0.159 e. The Balaban J connectivity index is 1.84. The van der Waals surface area contributed by atoms with Gasteiger partial charge in [-0.3, -0.25) is 0 Å². The zero-order chi connectivity index (χ0) is 10.4. The summed E-state index contributed by atoms with van der Waals surface area (Å²) in [4.78, 5) is 2.23.